The number of rotatable bonds is 1. The third-order valence-corrected chi connectivity index (χ3v) is 2.96. The van der Waals surface area contributed by atoms with Crippen LogP contribution in [0.25, 0.3) is 0 Å². The number of allylic oxidation sites excluding steroid dienone is 2. The summed E-state index contributed by atoms with van der Waals surface area (Å²) in [5.74, 6) is 0.770. The van der Waals surface area contributed by atoms with E-state index in [0.717, 1.165) is 5.76 Å². The molecule has 0 aromatic rings. The predicted molar refractivity (Wildman–Crippen MR) is 58.5 cm³/mol. The van der Waals surface area contributed by atoms with Gasteiger partial charge in [-0.3, -0.25) is 4.79 Å². The van der Waals surface area contributed by atoms with Crippen molar-refractivity contribution in [3.63, 3.8) is 0 Å². The predicted octanol–water partition coefficient (Wildman–Crippen LogP) is 2.06. The molecule has 0 spiro atoms. The molecule has 1 amide bonds. The van der Waals surface area contributed by atoms with Crippen LogP contribution in [0.2, 0.25) is 0 Å². The van der Waals surface area contributed by atoms with Gasteiger partial charge in [-0.05, 0) is 12.2 Å². The van der Waals surface area contributed by atoms with Crippen molar-refractivity contribution in [2.75, 3.05) is 6.61 Å². The fourth-order valence-electron chi connectivity index (χ4n) is 1.89. The van der Waals surface area contributed by atoms with Gasteiger partial charge in [0.15, 0.2) is 4.84 Å². The van der Waals surface area contributed by atoms with Gasteiger partial charge in [0.25, 0.3) is 5.91 Å². The lowest BCUT2D eigenvalue weighted by Gasteiger charge is -2.29. The minimum absolute atomic E-state index is 0.0532. The average molecular weight is 248 g/mol. The van der Waals surface area contributed by atoms with Gasteiger partial charge in [-0.2, -0.15) is 0 Å². The number of hydrogen-bond acceptors (Lipinski definition) is 2. The second kappa shape index (κ2) is 4.06. The molecule has 2 aliphatic heterocycles. The normalized spacial score (nSPS) is 28.8. The average Bonchev–Trinajstić information content (AvgIpc) is 2.59. The molecule has 0 aliphatic carbocycles. The second-order valence-electron chi connectivity index (χ2n) is 3.69. The lowest BCUT2D eigenvalue weighted by molar-refractivity contribution is -0.128. The molecule has 82 valence electrons. The number of hydrogen-bond donors (Lipinski definition) is 0. The Bertz CT molecular complexity index is 338. The Balaban J connectivity index is 2.24. The number of ether oxygens (including phenoxy) is 1. The van der Waals surface area contributed by atoms with E-state index in [1.54, 1.807) is 17.2 Å². The highest BCUT2D eigenvalue weighted by molar-refractivity contribution is 6.53. The maximum atomic E-state index is 11.7. The van der Waals surface area contributed by atoms with Gasteiger partial charge in [-0.1, -0.05) is 30.1 Å². The van der Waals surface area contributed by atoms with E-state index in [1.807, 2.05) is 13.0 Å². The summed E-state index contributed by atoms with van der Waals surface area (Å²) < 4.78 is 5.46. The Morgan fingerprint density at radius 3 is 3.07 bits per heavy atom. The molecule has 2 aliphatic rings. The molecule has 0 bridgehead atoms. The van der Waals surface area contributed by atoms with E-state index < -0.39 is 4.84 Å². The first-order valence-electron chi connectivity index (χ1n) is 4.72. The van der Waals surface area contributed by atoms with Crippen LogP contribution in [-0.4, -0.2) is 28.3 Å². The first kappa shape index (κ1) is 10.8. The zero-order valence-corrected chi connectivity index (χ0v) is 9.70. The number of halogens is 2. The van der Waals surface area contributed by atoms with Crippen molar-refractivity contribution in [1.29, 1.82) is 0 Å². The molecule has 0 radical (unpaired) electrons. The lowest BCUT2D eigenvalue weighted by atomic mass is 10.0. The van der Waals surface area contributed by atoms with Crippen molar-refractivity contribution in [2.24, 2.45) is 5.92 Å². The van der Waals surface area contributed by atoms with Crippen LogP contribution in [-0.2, 0) is 9.53 Å². The van der Waals surface area contributed by atoms with E-state index in [1.165, 1.54) is 0 Å². The van der Waals surface area contributed by atoms with Crippen LogP contribution in [0.5, 0.6) is 0 Å². The molecule has 2 atom stereocenters. The number of alkyl halides is 2. The first-order chi connectivity index (χ1) is 7.11. The molecule has 2 unspecified atom stereocenters. The zero-order chi connectivity index (χ0) is 11.0. The SMILES string of the molecule is CC1COC2=CC=CN(C(=O)C(Cl)Cl)C21. The van der Waals surface area contributed by atoms with Crippen molar-refractivity contribution < 1.29 is 9.53 Å². The van der Waals surface area contributed by atoms with E-state index in [0.29, 0.717) is 6.61 Å². The Kier molecular flexibility index (Phi) is 2.94. The third kappa shape index (κ3) is 1.86. The van der Waals surface area contributed by atoms with Gasteiger partial charge in [0, 0.05) is 12.1 Å². The van der Waals surface area contributed by atoms with Crippen LogP contribution in [0.4, 0.5) is 0 Å². The fraction of sp³-hybridized carbons (Fsp3) is 0.500. The minimum atomic E-state index is -1.03. The molecule has 1 fully saturated rings. The molecule has 15 heavy (non-hydrogen) atoms. The standard InChI is InChI=1S/C10H11Cl2NO2/c1-6-5-15-7-3-2-4-13(8(6)7)10(14)9(11)12/h2-4,6,8-9H,5H2,1H3. The monoisotopic (exact) mass is 247 g/mol. The van der Waals surface area contributed by atoms with Crippen LogP contribution in [0.3, 0.4) is 0 Å². The minimum Gasteiger partial charge on any atom is -0.495 e. The van der Waals surface area contributed by atoms with Gasteiger partial charge >= 0.3 is 0 Å². The van der Waals surface area contributed by atoms with Gasteiger partial charge in [0.05, 0.1) is 12.6 Å². The smallest absolute Gasteiger partial charge is 0.260 e. The summed E-state index contributed by atoms with van der Waals surface area (Å²) in [4.78, 5) is 12.2. The summed E-state index contributed by atoms with van der Waals surface area (Å²) in [5, 5.41) is 0. The Morgan fingerprint density at radius 1 is 1.67 bits per heavy atom. The van der Waals surface area contributed by atoms with Crippen molar-refractivity contribution in [1.82, 2.24) is 4.90 Å². The molecule has 1 saturated heterocycles. The van der Waals surface area contributed by atoms with Crippen LogP contribution in [0, 0.1) is 5.92 Å². The summed E-state index contributed by atoms with van der Waals surface area (Å²) in [7, 11) is 0. The zero-order valence-electron chi connectivity index (χ0n) is 8.19. The Labute approximate surface area is 98.3 Å². The molecular formula is C10H11Cl2NO2. The fourth-order valence-corrected chi connectivity index (χ4v) is 2.11. The van der Waals surface area contributed by atoms with Gasteiger partial charge < -0.3 is 9.64 Å². The summed E-state index contributed by atoms with van der Waals surface area (Å²) >= 11 is 11.2. The number of carbonyl (C=O) groups is 1. The van der Waals surface area contributed by atoms with Gasteiger partial charge in [0.2, 0.25) is 0 Å². The van der Waals surface area contributed by atoms with Crippen LogP contribution in [0.15, 0.2) is 24.1 Å². The molecule has 3 nitrogen and oxygen atoms in total. The number of amides is 1. The van der Waals surface area contributed by atoms with E-state index in [2.05, 4.69) is 0 Å². The molecule has 2 rings (SSSR count). The number of fused-ring (bicyclic) bond motifs is 1. The van der Waals surface area contributed by atoms with E-state index in [4.69, 9.17) is 27.9 Å². The summed E-state index contributed by atoms with van der Waals surface area (Å²) in [6.07, 6.45) is 5.33. The number of nitrogens with zero attached hydrogens (tertiary/aromatic N) is 1. The van der Waals surface area contributed by atoms with Crippen molar-refractivity contribution >= 4 is 29.1 Å². The summed E-state index contributed by atoms with van der Waals surface area (Å²) in [6.45, 7) is 2.65. The maximum Gasteiger partial charge on any atom is 0.260 e. The largest absolute Gasteiger partial charge is 0.495 e. The maximum absolute atomic E-state index is 11.7. The van der Waals surface area contributed by atoms with Crippen LogP contribution in [0.1, 0.15) is 6.92 Å². The quantitative estimate of drug-likeness (QED) is 0.665. The van der Waals surface area contributed by atoms with Crippen molar-refractivity contribution in [2.45, 2.75) is 17.8 Å². The molecule has 0 aromatic heterocycles. The van der Waals surface area contributed by atoms with Crippen LogP contribution < -0.4 is 0 Å². The lowest BCUT2D eigenvalue weighted by Crippen LogP contribution is -2.42. The van der Waals surface area contributed by atoms with Crippen LogP contribution >= 0.6 is 23.2 Å². The highest BCUT2D eigenvalue weighted by Gasteiger charge is 2.39. The van der Waals surface area contributed by atoms with E-state index in [9.17, 15) is 4.79 Å². The van der Waals surface area contributed by atoms with E-state index >= 15 is 0 Å². The Morgan fingerprint density at radius 2 is 2.40 bits per heavy atom. The van der Waals surface area contributed by atoms with Gasteiger partial charge in [-0.15, -0.1) is 0 Å². The number of carbonyl (C=O) groups excluding carboxylic acids is 1. The second-order valence-corrected chi connectivity index (χ2v) is 4.79. The summed E-state index contributed by atoms with van der Waals surface area (Å²) in [6, 6.07) is -0.0532. The van der Waals surface area contributed by atoms with E-state index in [-0.39, 0.29) is 17.9 Å². The van der Waals surface area contributed by atoms with Crippen molar-refractivity contribution in [3.05, 3.63) is 24.1 Å². The molecule has 2 heterocycles. The molecule has 0 aromatic carbocycles. The topological polar surface area (TPSA) is 29.5 Å². The first-order valence-corrected chi connectivity index (χ1v) is 5.60. The molecule has 0 saturated carbocycles. The Hall–Kier alpha value is -0.670. The molecule has 0 N–H and O–H groups in total. The summed E-state index contributed by atoms with van der Waals surface area (Å²) in [5.41, 5.74) is 0. The van der Waals surface area contributed by atoms with Crippen molar-refractivity contribution in [3.8, 4) is 0 Å². The van der Waals surface area contributed by atoms with Gasteiger partial charge in [-0.25, -0.2) is 0 Å². The molecular weight excluding hydrogens is 237 g/mol. The molecule has 5 heteroatoms. The third-order valence-electron chi connectivity index (χ3n) is 2.59. The van der Waals surface area contributed by atoms with Gasteiger partial charge in [0.1, 0.15) is 5.76 Å². The highest BCUT2D eigenvalue weighted by atomic mass is 35.5. The highest BCUT2D eigenvalue weighted by Crippen LogP contribution is 2.32.